The Bertz CT molecular complexity index is 664. The van der Waals surface area contributed by atoms with Gasteiger partial charge in [-0.2, -0.15) is 0 Å². The number of para-hydroxylation sites is 1. The number of piperidine rings is 1. The highest BCUT2D eigenvalue weighted by Gasteiger charge is 2.19. The third kappa shape index (κ3) is 5.68. The van der Waals surface area contributed by atoms with E-state index in [9.17, 15) is 9.18 Å². The molecule has 1 aliphatic heterocycles. The van der Waals surface area contributed by atoms with Crippen LogP contribution in [0.25, 0.3) is 0 Å². The quantitative estimate of drug-likeness (QED) is 0.858. The first kappa shape index (κ1) is 17.6. The fourth-order valence-corrected chi connectivity index (χ4v) is 3.37. The summed E-state index contributed by atoms with van der Waals surface area (Å²) in [4.78, 5) is 14.4. The molecule has 1 N–H and O–H groups in total. The Labute approximate surface area is 148 Å². The van der Waals surface area contributed by atoms with Gasteiger partial charge < -0.3 is 10.2 Å². The third-order valence-electron chi connectivity index (χ3n) is 4.86. The Morgan fingerprint density at radius 3 is 2.40 bits per heavy atom. The number of nitrogens with zero attached hydrogens (tertiary/aromatic N) is 1. The van der Waals surface area contributed by atoms with Crippen molar-refractivity contribution in [2.24, 2.45) is 5.92 Å². The summed E-state index contributed by atoms with van der Waals surface area (Å²) in [5.41, 5.74) is 2.06. The Morgan fingerprint density at radius 1 is 1.04 bits per heavy atom. The second kappa shape index (κ2) is 8.77. The molecule has 1 saturated heterocycles. The van der Waals surface area contributed by atoms with Crippen molar-refractivity contribution < 1.29 is 9.18 Å². The van der Waals surface area contributed by atoms with E-state index < -0.39 is 0 Å². The van der Waals surface area contributed by atoms with Gasteiger partial charge in [-0.15, -0.1) is 0 Å². The van der Waals surface area contributed by atoms with Crippen LogP contribution in [0.5, 0.6) is 0 Å². The normalized spacial score (nSPS) is 15.9. The number of hydrogen-bond acceptors (Lipinski definition) is 2. The molecule has 0 spiro atoms. The van der Waals surface area contributed by atoms with E-state index in [4.69, 9.17) is 0 Å². The average molecular weight is 340 g/mol. The number of benzene rings is 2. The molecule has 25 heavy (non-hydrogen) atoms. The van der Waals surface area contributed by atoms with Gasteiger partial charge in [0, 0.05) is 18.7 Å². The lowest BCUT2D eigenvalue weighted by atomic mass is 9.90. The van der Waals surface area contributed by atoms with Crippen LogP contribution < -0.4 is 5.32 Å². The van der Waals surface area contributed by atoms with Crippen molar-refractivity contribution in [3.8, 4) is 0 Å². The summed E-state index contributed by atoms with van der Waals surface area (Å²) in [6, 6.07) is 16.4. The number of nitrogens with one attached hydrogen (secondary N) is 1. The predicted molar refractivity (Wildman–Crippen MR) is 99.0 cm³/mol. The second-order valence-corrected chi connectivity index (χ2v) is 6.78. The van der Waals surface area contributed by atoms with Crippen LogP contribution in [0.1, 0.15) is 24.8 Å². The lowest BCUT2D eigenvalue weighted by Crippen LogP contribution is -2.36. The minimum absolute atomic E-state index is 0.0691. The predicted octanol–water partition coefficient (Wildman–Crippen LogP) is 4.11. The molecule has 4 heteroatoms. The van der Waals surface area contributed by atoms with Crippen molar-refractivity contribution in [3.05, 3.63) is 66.0 Å². The van der Waals surface area contributed by atoms with Gasteiger partial charge in [0.15, 0.2) is 0 Å². The van der Waals surface area contributed by atoms with E-state index >= 15 is 0 Å². The maximum absolute atomic E-state index is 13.0. The molecule has 1 amide bonds. The first-order chi connectivity index (χ1) is 12.2. The van der Waals surface area contributed by atoms with Gasteiger partial charge in [-0.25, -0.2) is 4.39 Å². The second-order valence-electron chi connectivity index (χ2n) is 6.78. The van der Waals surface area contributed by atoms with Gasteiger partial charge in [0.1, 0.15) is 5.82 Å². The molecule has 132 valence electrons. The lowest BCUT2D eigenvalue weighted by Gasteiger charge is -2.31. The van der Waals surface area contributed by atoms with E-state index in [1.807, 2.05) is 42.5 Å². The standard InChI is InChI=1S/C21H25FN2O/c22-19-8-6-17(7-9-19)16-18-10-13-24(14-11-18)15-12-21(25)23-20-4-2-1-3-5-20/h1-9,18H,10-16H2,(H,23,25). The lowest BCUT2D eigenvalue weighted by molar-refractivity contribution is -0.116. The first-order valence-electron chi connectivity index (χ1n) is 9.01. The summed E-state index contributed by atoms with van der Waals surface area (Å²) in [5, 5.41) is 2.93. The van der Waals surface area contributed by atoms with Gasteiger partial charge >= 0.3 is 0 Å². The van der Waals surface area contributed by atoms with E-state index in [2.05, 4.69) is 10.2 Å². The molecule has 1 fully saturated rings. The van der Waals surface area contributed by atoms with Crippen LogP contribution in [0.4, 0.5) is 10.1 Å². The fourth-order valence-electron chi connectivity index (χ4n) is 3.37. The van der Waals surface area contributed by atoms with Gasteiger partial charge in [0.05, 0.1) is 0 Å². The maximum Gasteiger partial charge on any atom is 0.225 e. The summed E-state index contributed by atoms with van der Waals surface area (Å²) in [7, 11) is 0. The van der Waals surface area contributed by atoms with Gasteiger partial charge in [0.2, 0.25) is 5.91 Å². The molecule has 1 aliphatic rings. The molecule has 0 aliphatic carbocycles. The molecule has 2 aromatic rings. The molecule has 1 heterocycles. The minimum Gasteiger partial charge on any atom is -0.326 e. The van der Waals surface area contributed by atoms with E-state index in [1.165, 1.54) is 17.7 Å². The van der Waals surface area contributed by atoms with Crippen molar-refractivity contribution >= 4 is 11.6 Å². The van der Waals surface area contributed by atoms with Gasteiger partial charge in [-0.05, 0) is 68.1 Å². The van der Waals surface area contributed by atoms with E-state index in [-0.39, 0.29) is 11.7 Å². The van der Waals surface area contributed by atoms with Crippen LogP contribution in [-0.2, 0) is 11.2 Å². The summed E-state index contributed by atoms with van der Waals surface area (Å²) >= 11 is 0. The molecule has 2 aromatic carbocycles. The summed E-state index contributed by atoms with van der Waals surface area (Å²) in [6.07, 6.45) is 3.81. The Morgan fingerprint density at radius 2 is 1.72 bits per heavy atom. The van der Waals surface area contributed by atoms with Crippen LogP contribution in [0, 0.1) is 11.7 Å². The molecule has 0 radical (unpaired) electrons. The molecule has 3 nitrogen and oxygen atoms in total. The van der Waals surface area contributed by atoms with E-state index in [0.29, 0.717) is 12.3 Å². The number of carbonyl (C=O) groups excluding carboxylic acids is 1. The molecular weight excluding hydrogens is 315 g/mol. The number of hydrogen-bond donors (Lipinski definition) is 1. The zero-order valence-electron chi connectivity index (χ0n) is 14.5. The van der Waals surface area contributed by atoms with E-state index in [1.54, 1.807) is 0 Å². The summed E-state index contributed by atoms with van der Waals surface area (Å²) < 4.78 is 13.0. The van der Waals surface area contributed by atoms with Gasteiger partial charge in [-0.1, -0.05) is 30.3 Å². The number of rotatable bonds is 6. The SMILES string of the molecule is O=C(CCN1CCC(Cc2ccc(F)cc2)CC1)Nc1ccccc1. The number of halogens is 1. The third-order valence-corrected chi connectivity index (χ3v) is 4.86. The average Bonchev–Trinajstić information content (AvgIpc) is 2.64. The minimum atomic E-state index is -0.174. The first-order valence-corrected chi connectivity index (χ1v) is 9.01. The number of likely N-dealkylation sites (tertiary alicyclic amines) is 1. The van der Waals surface area contributed by atoms with Gasteiger partial charge in [-0.3, -0.25) is 4.79 Å². The van der Waals surface area contributed by atoms with Crippen LogP contribution in [-0.4, -0.2) is 30.4 Å². The molecular formula is C21H25FN2O. The molecule has 0 unspecified atom stereocenters. The Kier molecular flexibility index (Phi) is 6.18. The Balaban J connectivity index is 1.36. The Hall–Kier alpha value is -2.20. The monoisotopic (exact) mass is 340 g/mol. The zero-order chi connectivity index (χ0) is 17.5. The number of anilines is 1. The smallest absolute Gasteiger partial charge is 0.225 e. The van der Waals surface area contributed by atoms with Crippen molar-refractivity contribution in [3.63, 3.8) is 0 Å². The largest absolute Gasteiger partial charge is 0.326 e. The fraction of sp³-hybridized carbons (Fsp3) is 0.381. The van der Waals surface area contributed by atoms with E-state index in [0.717, 1.165) is 44.6 Å². The molecule has 3 rings (SSSR count). The summed E-state index contributed by atoms with van der Waals surface area (Å²) in [5.74, 6) is 0.548. The highest BCUT2D eigenvalue weighted by atomic mass is 19.1. The highest BCUT2D eigenvalue weighted by Crippen LogP contribution is 2.22. The van der Waals surface area contributed by atoms with Crippen LogP contribution >= 0.6 is 0 Å². The van der Waals surface area contributed by atoms with Crippen LogP contribution in [0.15, 0.2) is 54.6 Å². The van der Waals surface area contributed by atoms with Crippen molar-refractivity contribution in [1.82, 2.24) is 4.90 Å². The molecule has 0 aromatic heterocycles. The zero-order valence-corrected chi connectivity index (χ0v) is 14.5. The number of amides is 1. The van der Waals surface area contributed by atoms with Crippen molar-refractivity contribution in [1.29, 1.82) is 0 Å². The van der Waals surface area contributed by atoms with Crippen LogP contribution in [0.2, 0.25) is 0 Å². The van der Waals surface area contributed by atoms with Gasteiger partial charge in [0.25, 0.3) is 0 Å². The molecule has 0 atom stereocenters. The van der Waals surface area contributed by atoms with Crippen molar-refractivity contribution in [2.45, 2.75) is 25.7 Å². The molecule has 0 saturated carbocycles. The highest BCUT2D eigenvalue weighted by molar-refractivity contribution is 5.90. The van der Waals surface area contributed by atoms with Crippen molar-refractivity contribution in [2.75, 3.05) is 25.0 Å². The molecule has 0 bridgehead atoms. The van der Waals surface area contributed by atoms with Crippen LogP contribution in [0.3, 0.4) is 0 Å². The topological polar surface area (TPSA) is 32.3 Å². The summed E-state index contributed by atoms with van der Waals surface area (Å²) in [6.45, 7) is 2.87. The number of carbonyl (C=O) groups is 1. The maximum atomic E-state index is 13.0.